The number of carbonyl (C=O) groups is 3. The zero-order valence-corrected chi connectivity index (χ0v) is 11.6. The molecule has 0 spiro atoms. The lowest BCUT2D eigenvalue weighted by atomic mass is 9.76. The minimum atomic E-state index is -2.50. The average Bonchev–Trinajstić information content (AvgIpc) is 2.50. The van der Waals surface area contributed by atoms with Crippen molar-refractivity contribution in [1.29, 1.82) is 0 Å². The second-order valence-corrected chi connectivity index (χ2v) is 4.80. The third-order valence-electron chi connectivity index (χ3n) is 3.17. The van der Waals surface area contributed by atoms with Crippen LogP contribution in [0, 0.1) is 15.5 Å². The molecule has 11 nitrogen and oxygen atoms in total. The number of carboxylic acids is 2. The van der Waals surface area contributed by atoms with Gasteiger partial charge < -0.3 is 25.7 Å². The van der Waals surface area contributed by atoms with Crippen LogP contribution in [-0.4, -0.2) is 62.5 Å². The fraction of sp³-hybridized carbons (Fsp3) is 0.417. The molecular weight excluding hydrogens is 316 g/mol. The van der Waals surface area contributed by atoms with Crippen molar-refractivity contribution in [3.8, 4) is 0 Å². The number of aliphatic hydroxyl groups excluding tert-OH is 2. The highest BCUT2D eigenvalue weighted by molar-refractivity contribution is 6.06. The zero-order valence-electron chi connectivity index (χ0n) is 11.6. The van der Waals surface area contributed by atoms with Crippen molar-refractivity contribution in [1.82, 2.24) is 5.32 Å². The number of amides is 1. The van der Waals surface area contributed by atoms with Crippen molar-refractivity contribution in [3.05, 3.63) is 33.5 Å². The number of carboxylic acid groups (broad SMARTS) is 2. The molecule has 2 atom stereocenters. The maximum atomic E-state index is 12.1. The number of carbonyl (C=O) groups excluding carboxylic acids is 1. The highest BCUT2D eigenvalue weighted by Crippen LogP contribution is 2.35. The number of nitro groups is 1. The Morgan fingerprint density at radius 3 is 2.43 bits per heavy atom. The first-order chi connectivity index (χ1) is 10.6. The van der Waals surface area contributed by atoms with Gasteiger partial charge in [0.2, 0.25) is 5.91 Å². The molecule has 1 amide bonds. The summed E-state index contributed by atoms with van der Waals surface area (Å²) in [5.74, 6) is -4.60. The topological polar surface area (TPSA) is 187 Å². The van der Waals surface area contributed by atoms with E-state index in [-0.39, 0.29) is 0 Å². The van der Waals surface area contributed by atoms with Gasteiger partial charge in [-0.3, -0.25) is 19.7 Å². The van der Waals surface area contributed by atoms with Gasteiger partial charge in [0.1, 0.15) is 0 Å². The van der Waals surface area contributed by atoms with Gasteiger partial charge in [0, 0.05) is 30.7 Å². The van der Waals surface area contributed by atoms with Gasteiger partial charge in [-0.15, -0.1) is 0 Å². The second-order valence-electron chi connectivity index (χ2n) is 4.80. The van der Waals surface area contributed by atoms with Gasteiger partial charge in [-0.05, 0) is 0 Å². The number of nitrogens with one attached hydrogen (secondary N) is 1. The number of hydrogen-bond acceptors (Lipinski definition) is 7. The van der Waals surface area contributed by atoms with Gasteiger partial charge in [0.25, 0.3) is 5.70 Å². The highest BCUT2D eigenvalue weighted by atomic mass is 16.6. The first kappa shape index (κ1) is 18.3. The Labute approximate surface area is 128 Å². The molecule has 2 unspecified atom stereocenters. The van der Waals surface area contributed by atoms with Crippen molar-refractivity contribution in [2.45, 2.75) is 12.5 Å². The van der Waals surface area contributed by atoms with Crippen LogP contribution >= 0.6 is 0 Å². The fourth-order valence-electron chi connectivity index (χ4n) is 1.93. The molecule has 1 aliphatic rings. The molecule has 126 valence electrons. The molecule has 0 saturated heterocycles. The van der Waals surface area contributed by atoms with E-state index < -0.39 is 65.1 Å². The molecule has 23 heavy (non-hydrogen) atoms. The van der Waals surface area contributed by atoms with Crippen LogP contribution in [0.5, 0.6) is 0 Å². The van der Waals surface area contributed by atoms with Gasteiger partial charge in [-0.25, -0.2) is 4.79 Å². The molecule has 5 N–H and O–H groups in total. The quantitative estimate of drug-likeness (QED) is 0.202. The largest absolute Gasteiger partial charge is 0.480 e. The van der Waals surface area contributed by atoms with Crippen LogP contribution in [0.3, 0.4) is 0 Å². The normalized spacial score (nSPS) is 21.7. The van der Waals surface area contributed by atoms with E-state index in [4.69, 9.17) is 15.3 Å². The monoisotopic (exact) mass is 330 g/mol. The lowest BCUT2D eigenvalue weighted by Crippen LogP contribution is -2.49. The third kappa shape index (κ3) is 3.90. The van der Waals surface area contributed by atoms with Crippen LogP contribution in [0.1, 0.15) is 6.42 Å². The summed E-state index contributed by atoms with van der Waals surface area (Å²) < 4.78 is 0. The summed E-state index contributed by atoms with van der Waals surface area (Å²) in [5.41, 5.74) is -3.95. The number of hydrogen-bond donors (Lipinski definition) is 5. The van der Waals surface area contributed by atoms with Crippen LogP contribution in [0.2, 0.25) is 0 Å². The Hall–Kier alpha value is -2.79. The second kappa shape index (κ2) is 6.98. The third-order valence-corrected chi connectivity index (χ3v) is 3.17. The van der Waals surface area contributed by atoms with Crippen molar-refractivity contribution in [3.63, 3.8) is 0 Å². The fourth-order valence-corrected chi connectivity index (χ4v) is 1.93. The van der Waals surface area contributed by atoms with Crippen molar-refractivity contribution >= 4 is 17.8 Å². The maximum Gasteiger partial charge on any atom is 0.331 e. The van der Waals surface area contributed by atoms with Crippen molar-refractivity contribution in [2.24, 2.45) is 5.41 Å². The lowest BCUT2D eigenvalue weighted by Gasteiger charge is -2.27. The Kier molecular flexibility index (Phi) is 5.54. The van der Waals surface area contributed by atoms with Crippen molar-refractivity contribution in [2.75, 3.05) is 13.2 Å². The van der Waals surface area contributed by atoms with E-state index in [2.05, 4.69) is 0 Å². The molecule has 0 radical (unpaired) electrons. The van der Waals surface area contributed by atoms with Crippen LogP contribution in [0.4, 0.5) is 0 Å². The maximum absolute atomic E-state index is 12.1. The Bertz CT molecular complexity index is 610. The number of nitrogens with zero attached hydrogens (tertiary/aromatic N) is 1. The van der Waals surface area contributed by atoms with E-state index in [0.29, 0.717) is 12.2 Å². The van der Waals surface area contributed by atoms with Gasteiger partial charge >= 0.3 is 11.9 Å². The Balaban J connectivity index is 3.25. The number of aliphatic carboxylic acids is 2. The predicted octanol–water partition coefficient (Wildman–Crippen LogP) is -1.90. The summed E-state index contributed by atoms with van der Waals surface area (Å²) in [6.07, 6.45) is -0.917. The lowest BCUT2D eigenvalue weighted by molar-refractivity contribution is -0.420. The highest BCUT2D eigenvalue weighted by Gasteiger charge is 2.50. The SMILES string of the molecule is O=C(O)C1=CC([N+](=O)[O-])=CC(C(=O)O)(C(=O)NCC(O)CO)C1. The molecule has 0 bridgehead atoms. The first-order valence-corrected chi connectivity index (χ1v) is 6.25. The Morgan fingerprint density at radius 2 is 2.00 bits per heavy atom. The van der Waals surface area contributed by atoms with E-state index in [1.54, 1.807) is 0 Å². The molecule has 0 aromatic rings. The van der Waals surface area contributed by atoms with Crippen molar-refractivity contribution < 1.29 is 39.7 Å². The molecule has 1 rings (SSSR count). The van der Waals surface area contributed by atoms with Gasteiger partial charge in [0.15, 0.2) is 5.41 Å². The number of rotatable bonds is 7. The summed E-state index contributed by atoms with van der Waals surface area (Å²) in [6.45, 7) is -1.20. The van der Waals surface area contributed by atoms with Crippen LogP contribution in [-0.2, 0) is 14.4 Å². The summed E-state index contributed by atoms with van der Waals surface area (Å²) in [6, 6.07) is 0. The molecule has 0 aromatic carbocycles. The summed E-state index contributed by atoms with van der Waals surface area (Å²) >= 11 is 0. The van der Waals surface area contributed by atoms with E-state index in [0.717, 1.165) is 0 Å². The van der Waals surface area contributed by atoms with Crippen LogP contribution in [0.25, 0.3) is 0 Å². The Morgan fingerprint density at radius 1 is 1.39 bits per heavy atom. The molecule has 1 aliphatic carbocycles. The molecule has 0 heterocycles. The predicted molar refractivity (Wildman–Crippen MR) is 71.6 cm³/mol. The minimum absolute atomic E-state index is 0.502. The molecule has 0 aromatic heterocycles. The van der Waals surface area contributed by atoms with E-state index in [9.17, 15) is 29.6 Å². The smallest absolute Gasteiger partial charge is 0.331 e. The first-order valence-electron chi connectivity index (χ1n) is 6.25. The molecule has 0 saturated carbocycles. The number of aliphatic hydroxyl groups is 2. The molecule has 0 aliphatic heterocycles. The van der Waals surface area contributed by atoms with Crippen LogP contribution in [0.15, 0.2) is 23.4 Å². The van der Waals surface area contributed by atoms with Gasteiger partial charge in [-0.1, -0.05) is 0 Å². The van der Waals surface area contributed by atoms with Gasteiger partial charge in [0.05, 0.1) is 17.6 Å². The van der Waals surface area contributed by atoms with Gasteiger partial charge in [-0.2, -0.15) is 0 Å². The summed E-state index contributed by atoms with van der Waals surface area (Å²) in [5, 5.41) is 49.0. The minimum Gasteiger partial charge on any atom is -0.480 e. The number of allylic oxidation sites excluding steroid dienone is 1. The standard InChI is InChI=1S/C12H14N2O9/c15-5-8(16)4-13-10(19)12(11(20)21)2-6(9(17)18)1-7(3-12)14(22)23/h1,3,8,15-16H,2,4-5H2,(H,13,19)(H,17,18)(H,20,21). The van der Waals surface area contributed by atoms with E-state index >= 15 is 0 Å². The summed E-state index contributed by atoms with van der Waals surface area (Å²) in [7, 11) is 0. The zero-order chi connectivity index (χ0) is 17.8. The van der Waals surface area contributed by atoms with E-state index in [1.165, 1.54) is 0 Å². The summed E-state index contributed by atoms with van der Waals surface area (Å²) in [4.78, 5) is 44.6. The molecular formula is C12H14N2O9. The molecule has 0 fully saturated rings. The van der Waals surface area contributed by atoms with E-state index in [1.807, 2.05) is 5.32 Å². The molecule has 11 heteroatoms. The van der Waals surface area contributed by atoms with Crippen LogP contribution < -0.4 is 5.32 Å². The average molecular weight is 330 g/mol.